The van der Waals surface area contributed by atoms with Gasteiger partial charge in [-0.2, -0.15) is 0 Å². The monoisotopic (exact) mass is 411 g/mol. The van der Waals surface area contributed by atoms with Crippen molar-refractivity contribution in [1.82, 2.24) is 0 Å². The molecule has 0 saturated carbocycles. The molecule has 1 N–H and O–H groups in total. The van der Waals surface area contributed by atoms with Gasteiger partial charge in [-0.05, 0) is 62.8 Å². The minimum atomic E-state index is 0.776. The molecular formula is C12H16Br3N. The predicted molar refractivity (Wildman–Crippen MR) is 82.1 cm³/mol. The Morgan fingerprint density at radius 1 is 1.12 bits per heavy atom. The lowest BCUT2D eigenvalue weighted by molar-refractivity contribution is 0.567. The summed E-state index contributed by atoms with van der Waals surface area (Å²) in [6.45, 7) is 5.52. The van der Waals surface area contributed by atoms with Gasteiger partial charge in [-0.15, -0.1) is 0 Å². The Morgan fingerprint density at radius 2 is 1.69 bits per heavy atom. The number of anilines is 1. The highest BCUT2D eigenvalue weighted by Crippen LogP contribution is 2.34. The van der Waals surface area contributed by atoms with Gasteiger partial charge in [-0.3, -0.25) is 0 Å². The van der Waals surface area contributed by atoms with E-state index < -0.39 is 0 Å². The Labute approximate surface area is 123 Å². The maximum Gasteiger partial charge on any atom is 0.0629 e. The fraction of sp³-hybridized carbons (Fsp3) is 0.500. The minimum absolute atomic E-state index is 0.776. The third kappa shape index (κ3) is 4.76. The Kier molecular flexibility index (Phi) is 6.37. The van der Waals surface area contributed by atoms with Gasteiger partial charge in [0, 0.05) is 20.0 Å². The Hall–Kier alpha value is 0.460. The standard InChI is InChI=1S/C12H16Br3N/c1-8(2)4-3-5-16-12-10(14)6-9(13)7-11(12)15/h6-8,16H,3-5H2,1-2H3. The van der Waals surface area contributed by atoms with Gasteiger partial charge >= 0.3 is 0 Å². The fourth-order valence-corrected chi connectivity index (χ4v) is 3.97. The van der Waals surface area contributed by atoms with Crippen LogP contribution in [0.3, 0.4) is 0 Å². The van der Waals surface area contributed by atoms with E-state index in [1.807, 2.05) is 0 Å². The molecular weight excluding hydrogens is 398 g/mol. The van der Waals surface area contributed by atoms with Gasteiger partial charge < -0.3 is 5.32 Å². The molecule has 0 spiro atoms. The van der Waals surface area contributed by atoms with Crippen molar-refractivity contribution in [2.75, 3.05) is 11.9 Å². The maximum atomic E-state index is 3.56. The SMILES string of the molecule is CC(C)CCCNc1c(Br)cc(Br)cc1Br. The molecule has 0 heterocycles. The first kappa shape index (κ1) is 14.5. The predicted octanol–water partition coefficient (Wildman–Crippen LogP) is 5.82. The molecule has 0 amide bonds. The van der Waals surface area contributed by atoms with Crippen molar-refractivity contribution >= 4 is 53.5 Å². The van der Waals surface area contributed by atoms with Crippen LogP contribution >= 0.6 is 47.8 Å². The fourth-order valence-electron chi connectivity index (χ4n) is 1.43. The van der Waals surface area contributed by atoms with Crippen LogP contribution in [0.15, 0.2) is 25.6 Å². The zero-order chi connectivity index (χ0) is 12.1. The van der Waals surface area contributed by atoms with Crippen LogP contribution in [0.5, 0.6) is 0 Å². The van der Waals surface area contributed by atoms with Crippen LogP contribution in [0.4, 0.5) is 5.69 Å². The largest absolute Gasteiger partial charge is 0.383 e. The topological polar surface area (TPSA) is 12.0 Å². The van der Waals surface area contributed by atoms with Gasteiger partial charge in [0.2, 0.25) is 0 Å². The molecule has 0 aliphatic carbocycles. The summed E-state index contributed by atoms with van der Waals surface area (Å²) in [5.41, 5.74) is 1.13. The average Bonchev–Trinajstić information content (AvgIpc) is 2.14. The third-order valence-corrected chi connectivity index (χ3v) is 3.98. The van der Waals surface area contributed by atoms with Gasteiger partial charge in [-0.1, -0.05) is 29.8 Å². The quantitative estimate of drug-likeness (QED) is 0.599. The van der Waals surface area contributed by atoms with E-state index in [0.717, 1.165) is 31.6 Å². The normalized spacial score (nSPS) is 10.9. The molecule has 0 fully saturated rings. The van der Waals surface area contributed by atoms with Crippen molar-refractivity contribution in [3.8, 4) is 0 Å². The molecule has 16 heavy (non-hydrogen) atoms. The molecule has 0 aliphatic rings. The highest BCUT2D eigenvalue weighted by atomic mass is 79.9. The van der Waals surface area contributed by atoms with E-state index >= 15 is 0 Å². The smallest absolute Gasteiger partial charge is 0.0629 e. The number of nitrogens with one attached hydrogen (secondary N) is 1. The van der Waals surface area contributed by atoms with E-state index in [4.69, 9.17) is 0 Å². The zero-order valence-electron chi connectivity index (χ0n) is 9.49. The molecule has 4 heteroatoms. The molecule has 0 bridgehead atoms. The van der Waals surface area contributed by atoms with Crippen molar-refractivity contribution in [3.05, 3.63) is 25.6 Å². The van der Waals surface area contributed by atoms with Gasteiger partial charge in [0.1, 0.15) is 0 Å². The number of halogens is 3. The van der Waals surface area contributed by atoms with E-state index in [9.17, 15) is 0 Å². The minimum Gasteiger partial charge on any atom is -0.383 e. The molecule has 0 aromatic heterocycles. The molecule has 0 unspecified atom stereocenters. The summed E-state index contributed by atoms with van der Waals surface area (Å²) in [5, 5.41) is 3.45. The lowest BCUT2D eigenvalue weighted by atomic mass is 10.1. The van der Waals surface area contributed by atoms with Gasteiger partial charge in [0.25, 0.3) is 0 Å². The van der Waals surface area contributed by atoms with Gasteiger partial charge in [-0.25, -0.2) is 0 Å². The number of hydrogen-bond donors (Lipinski definition) is 1. The first-order valence-corrected chi connectivity index (χ1v) is 7.77. The summed E-state index contributed by atoms with van der Waals surface area (Å²) in [6, 6.07) is 4.10. The van der Waals surface area contributed by atoms with Crippen LogP contribution in [0.25, 0.3) is 0 Å². The summed E-state index contributed by atoms with van der Waals surface area (Å²) >= 11 is 10.6. The molecule has 0 radical (unpaired) electrons. The number of benzene rings is 1. The zero-order valence-corrected chi connectivity index (χ0v) is 14.2. The van der Waals surface area contributed by atoms with Crippen LogP contribution in [0, 0.1) is 5.92 Å². The maximum absolute atomic E-state index is 3.56. The van der Waals surface area contributed by atoms with E-state index in [-0.39, 0.29) is 0 Å². The van der Waals surface area contributed by atoms with E-state index in [2.05, 4.69) is 79.1 Å². The molecule has 90 valence electrons. The summed E-state index contributed by atoms with van der Waals surface area (Å²) < 4.78 is 3.23. The molecule has 1 rings (SSSR count). The van der Waals surface area contributed by atoms with Crippen LogP contribution in [-0.4, -0.2) is 6.54 Å². The summed E-state index contributed by atoms with van der Waals surface area (Å²) in [5.74, 6) is 0.776. The highest BCUT2D eigenvalue weighted by Gasteiger charge is 2.06. The second kappa shape index (κ2) is 7.02. The Balaban J connectivity index is 2.54. The first-order chi connectivity index (χ1) is 7.50. The highest BCUT2D eigenvalue weighted by molar-refractivity contribution is 9.11. The number of rotatable bonds is 5. The van der Waals surface area contributed by atoms with Crippen LogP contribution in [-0.2, 0) is 0 Å². The van der Waals surface area contributed by atoms with E-state index in [1.165, 1.54) is 12.8 Å². The van der Waals surface area contributed by atoms with Gasteiger partial charge in [0.05, 0.1) is 5.69 Å². The molecule has 1 aromatic rings. The van der Waals surface area contributed by atoms with Crippen molar-refractivity contribution in [1.29, 1.82) is 0 Å². The van der Waals surface area contributed by atoms with Crippen molar-refractivity contribution in [2.24, 2.45) is 5.92 Å². The summed E-state index contributed by atoms with van der Waals surface area (Å²) in [4.78, 5) is 0. The molecule has 0 atom stereocenters. The Morgan fingerprint density at radius 3 is 2.19 bits per heavy atom. The molecule has 0 aliphatic heterocycles. The molecule has 0 saturated heterocycles. The van der Waals surface area contributed by atoms with Crippen molar-refractivity contribution in [2.45, 2.75) is 26.7 Å². The summed E-state index contributed by atoms with van der Waals surface area (Å²) in [6.07, 6.45) is 2.46. The van der Waals surface area contributed by atoms with E-state index in [0.29, 0.717) is 0 Å². The lowest BCUT2D eigenvalue weighted by Crippen LogP contribution is -2.04. The average molecular weight is 414 g/mol. The molecule has 1 aromatic carbocycles. The lowest BCUT2D eigenvalue weighted by Gasteiger charge is -2.12. The first-order valence-electron chi connectivity index (χ1n) is 5.39. The second-order valence-corrected chi connectivity index (χ2v) is 6.83. The van der Waals surface area contributed by atoms with Gasteiger partial charge in [0.15, 0.2) is 0 Å². The molecule has 1 nitrogen and oxygen atoms in total. The van der Waals surface area contributed by atoms with Crippen molar-refractivity contribution < 1.29 is 0 Å². The van der Waals surface area contributed by atoms with Crippen LogP contribution in [0.2, 0.25) is 0 Å². The summed E-state index contributed by atoms with van der Waals surface area (Å²) in [7, 11) is 0. The van der Waals surface area contributed by atoms with Crippen LogP contribution < -0.4 is 5.32 Å². The Bertz CT molecular complexity index is 327. The second-order valence-electron chi connectivity index (χ2n) is 4.21. The van der Waals surface area contributed by atoms with E-state index in [1.54, 1.807) is 0 Å². The third-order valence-electron chi connectivity index (χ3n) is 2.27. The number of hydrogen-bond acceptors (Lipinski definition) is 1. The van der Waals surface area contributed by atoms with Crippen molar-refractivity contribution in [3.63, 3.8) is 0 Å². The van der Waals surface area contributed by atoms with Crippen LogP contribution in [0.1, 0.15) is 26.7 Å².